The Kier molecular flexibility index (Phi) is 8.92. The van der Waals surface area contributed by atoms with E-state index in [-0.39, 0.29) is 19.0 Å². The first-order valence-electron chi connectivity index (χ1n) is 7.06. The van der Waals surface area contributed by atoms with Gasteiger partial charge in [-0.05, 0) is 36.1 Å². The molecule has 2 N–H and O–H groups in total. The van der Waals surface area contributed by atoms with Crippen LogP contribution in [0, 0.1) is 0 Å². The molecule has 22 heavy (non-hydrogen) atoms. The van der Waals surface area contributed by atoms with E-state index in [1.807, 2.05) is 36.6 Å². The number of halogens is 1. The average Bonchev–Trinajstić information content (AvgIpc) is 3.00. The standard InChI is InChI=1S/C16H21NO3S.ClH/c1-2-19-16-10-13(11-17-7-8-18)5-6-15(16)20-12-14-4-3-9-21-14;/h3-6,9-10,17-18H,2,7-8,11-12H2,1H3;1H. The molecule has 0 saturated heterocycles. The molecule has 0 aliphatic carbocycles. The molecule has 4 nitrogen and oxygen atoms in total. The second-order valence-electron chi connectivity index (χ2n) is 4.48. The molecule has 6 heteroatoms. The lowest BCUT2D eigenvalue weighted by Gasteiger charge is -2.13. The van der Waals surface area contributed by atoms with E-state index < -0.39 is 0 Å². The molecule has 0 aliphatic heterocycles. The Balaban J connectivity index is 0.00000242. The highest BCUT2D eigenvalue weighted by molar-refractivity contribution is 7.09. The average molecular weight is 344 g/mol. The Morgan fingerprint density at radius 1 is 1.18 bits per heavy atom. The SMILES string of the molecule is CCOc1cc(CNCCO)ccc1OCc1cccs1.Cl. The number of hydrogen-bond donors (Lipinski definition) is 2. The van der Waals surface area contributed by atoms with E-state index in [9.17, 15) is 0 Å². The molecular weight excluding hydrogens is 322 g/mol. The van der Waals surface area contributed by atoms with Crippen LogP contribution in [0.25, 0.3) is 0 Å². The van der Waals surface area contributed by atoms with Crippen molar-refractivity contribution < 1.29 is 14.6 Å². The van der Waals surface area contributed by atoms with Gasteiger partial charge in [-0.3, -0.25) is 0 Å². The van der Waals surface area contributed by atoms with E-state index >= 15 is 0 Å². The highest BCUT2D eigenvalue weighted by Crippen LogP contribution is 2.29. The second kappa shape index (κ2) is 10.5. The van der Waals surface area contributed by atoms with Gasteiger partial charge in [-0.1, -0.05) is 12.1 Å². The van der Waals surface area contributed by atoms with E-state index in [1.165, 1.54) is 4.88 Å². The number of benzene rings is 1. The van der Waals surface area contributed by atoms with Crippen molar-refractivity contribution in [3.8, 4) is 11.5 Å². The first-order valence-corrected chi connectivity index (χ1v) is 7.94. The van der Waals surface area contributed by atoms with Gasteiger partial charge in [0, 0.05) is 18.0 Å². The molecular formula is C16H22ClNO3S. The van der Waals surface area contributed by atoms with Crippen molar-refractivity contribution in [2.24, 2.45) is 0 Å². The third-order valence-electron chi connectivity index (χ3n) is 2.88. The van der Waals surface area contributed by atoms with Crippen LogP contribution in [0.5, 0.6) is 11.5 Å². The number of rotatable bonds is 9. The van der Waals surface area contributed by atoms with Gasteiger partial charge in [0.1, 0.15) is 6.61 Å². The molecule has 0 aliphatic rings. The van der Waals surface area contributed by atoms with Gasteiger partial charge in [0.25, 0.3) is 0 Å². The number of hydrogen-bond acceptors (Lipinski definition) is 5. The lowest BCUT2D eigenvalue weighted by molar-refractivity contribution is 0.271. The summed E-state index contributed by atoms with van der Waals surface area (Å²) in [5, 5.41) is 14.0. The van der Waals surface area contributed by atoms with Gasteiger partial charge in [-0.2, -0.15) is 0 Å². The minimum Gasteiger partial charge on any atom is -0.490 e. The van der Waals surface area contributed by atoms with Gasteiger partial charge >= 0.3 is 0 Å². The molecule has 0 unspecified atom stereocenters. The van der Waals surface area contributed by atoms with Gasteiger partial charge in [0.2, 0.25) is 0 Å². The Morgan fingerprint density at radius 3 is 2.73 bits per heavy atom. The topological polar surface area (TPSA) is 50.7 Å². The highest BCUT2D eigenvalue weighted by atomic mass is 35.5. The predicted molar refractivity (Wildman–Crippen MR) is 92.3 cm³/mol. The summed E-state index contributed by atoms with van der Waals surface area (Å²) >= 11 is 1.68. The van der Waals surface area contributed by atoms with Crippen LogP contribution in [0.2, 0.25) is 0 Å². The zero-order valence-corrected chi connectivity index (χ0v) is 14.2. The highest BCUT2D eigenvalue weighted by Gasteiger charge is 2.07. The molecule has 0 bridgehead atoms. The molecule has 0 atom stereocenters. The largest absolute Gasteiger partial charge is 0.490 e. The van der Waals surface area contributed by atoms with Crippen LogP contribution in [-0.4, -0.2) is 24.9 Å². The van der Waals surface area contributed by atoms with Crippen LogP contribution in [0.1, 0.15) is 17.4 Å². The zero-order valence-electron chi connectivity index (χ0n) is 12.6. The third-order valence-corrected chi connectivity index (χ3v) is 3.73. The van der Waals surface area contributed by atoms with Gasteiger partial charge in [-0.15, -0.1) is 23.7 Å². The first-order chi connectivity index (χ1) is 10.3. The van der Waals surface area contributed by atoms with Gasteiger partial charge in [-0.25, -0.2) is 0 Å². The van der Waals surface area contributed by atoms with Crippen molar-refractivity contribution in [1.82, 2.24) is 5.32 Å². The van der Waals surface area contributed by atoms with Gasteiger partial charge < -0.3 is 19.9 Å². The molecule has 1 aromatic heterocycles. The first kappa shape index (κ1) is 18.8. The van der Waals surface area contributed by atoms with E-state index in [0.717, 1.165) is 17.1 Å². The molecule has 0 amide bonds. The maximum Gasteiger partial charge on any atom is 0.161 e. The number of ether oxygens (including phenoxy) is 2. The van der Waals surface area contributed by atoms with Crippen molar-refractivity contribution in [3.05, 3.63) is 46.2 Å². The van der Waals surface area contributed by atoms with Gasteiger partial charge in [0.05, 0.1) is 13.2 Å². The molecule has 0 spiro atoms. The van der Waals surface area contributed by atoms with Crippen molar-refractivity contribution in [3.63, 3.8) is 0 Å². The fourth-order valence-electron chi connectivity index (χ4n) is 1.91. The van der Waals surface area contributed by atoms with Crippen molar-refractivity contribution >= 4 is 23.7 Å². The van der Waals surface area contributed by atoms with Crippen LogP contribution in [-0.2, 0) is 13.2 Å². The fourth-order valence-corrected chi connectivity index (χ4v) is 2.52. The molecule has 2 aromatic rings. The monoisotopic (exact) mass is 343 g/mol. The molecule has 1 heterocycles. The van der Waals surface area contributed by atoms with E-state index in [2.05, 4.69) is 11.4 Å². The van der Waals surface area contributed by atoms with Crippen LogP contribution in [0.15, 0.2) is 35.7 Å². The fraction of sp³-hybridized carbons (Fsp3) is 0.375. The zero-order chi connectivity index (χ0) is 14.9. The van der Waals surface area contributed by atoms with Crippen molar-refractivity contribution in [2.75, 3.05) is 19.8 Å². The minimum atomic E-state index is 0. The molecule has 122 valence electrons. The number of aliphatic hydroxyl groups excluding tert-OH is 1. The number of thiophene rings is 1. The van der Waals surface area contributed by atoms with Crippen molar-refractivity contribution in [1.29, 1.82) is 0 Å². The van der Waals surface area contributed by atoms with Crippen LogP contribution in [0.3, 0.4) is 0 Å². The number of nitrogens with one attached hydrogen (secondary N) is 1. The summed E-state index contributed by atoms with van der Waals surface area (Å²) in [6.07, 6.45) is 0. The summed E-state index contributed by atoms with van der Waals surface area (Å²) < 4.78 is 11.5. The molecule has 1 aromatic carbocycles. The normalized spacial score (nSPS) is 10.1. The Bertz CT molecular complexity index is 534. The maximum absolute atomic E-state index is 8.78. The summed E-state index contributed by atoms with van der Waals surface area (Å²) in [4.78, 5) is 1.19. The van der Waals surface area contributed by atoms with E-state index in [1.54, 1.807) is 11.3 Å². The molecule has 0 fully saturated rings. The lowest BCUT2D eigenvalue weighted by Crippen LogP contribution is -2.17. The Labute approximate surface area is 141 Å². The second-order valence-corrected chi connectivity index (χ2v) is 5.51. The third kappa shape index (κ3) is 5.85. The predicted octanol–water partition coefficient (Wildman–Crippen LogP) is 3.23. The lowest BCUT2D eigenvalue weighted by atomic mass is 10.2. The van der Waals surface area contributed by atoms with Crippen molar-refractivity contribution in [2.45, 2.75) is 20.1 Å². The van der Waals surface area contributed by atoms with Crippen LogP contribution in [0.4, 0.5) is 0 Å². The Hall–Kier alpha value is -1.27. The molecule has 0 saturated carbocycles. The Morgan fingerprint density at radius 2 is 2.05 bits per heavy atom. The molecule has 2 rings (SSSR count). The summed E-state index contributed by atoms with van der Waals surface area (Å²) in [7, 11) is 0. The smallest absolute Gasteiger partial charge is 0.161 e. The molecule has 0 radical (unpaired) electrons. The summed E-state index contributed by atoms with van der Waals surface area (Å²) in [5.41, 5.74) is 1.11. The van der Waals surface area contributed by atoms with Crippen LogP contribution < -0.4 is 14.8 Å². The van der Waals surface area contributed by atoms with Crippen LogP contribution >= 0.6 is 23.7 Å². The van der Waals surface area contributed by atoms with E-state index in [4.69, 9.17) is 14.6 Å². The quantitative estimate of drug-likeness (QED) is 0.686. The maximum atomic E-state index is 8.78. The minimum absolute atomic E-state index is 0. The number of aliphatic hydroxyl groups is 1. The van der Waals surface area contributed by atoms with E-state index in [0.29, 0.717) is 26.3 Å². The summed E-state index contributed by atoms with van der Waals surface area (Å²) in [6.45, 7) is 4.54. The summed E-state index contributed by atoms with van der Waals surface area (Å²) in [5.74, 6) is 1.52. The summed E-state index contributed by atoms with van der Waals surface area (Å²) in [6, 6.07) is 10.0. The van der Waals surface area contributed by atoms with Gasteiger partial charge in [0.15, 0.2) is 11.5 Å².